The van der Waals surface area contributed by atoms with E-state index in [1.54, 1.807) is 0 Å². The minimum absolute atomic E-state index is 0.135. The molecule has 2 rings (SSSR count). The largest absolute Gasteiger partial charge is 0.493 e. The number of carbonyl (C=O) groups is 1. The number of benzene rings is 1. The average molecular weight is 268 g/mol. The van der Waals surface area contributed by atoms with Crippen molar-refractivity contribution in [3.05, 3.63) is 29.6 Å². The van der Waals surface area contributed by atoms with Gasteiger partial charge in [0.05, 0.1) is 13.7 Å². The number of aliphatic hydroxyl groups excluding tert-OH is 1. The third-order valence-corrected chi connectivity index (χ3v) is 3.34. The molecule has 0 spiro atoms. The molecule has 5 heteroatoms. The monoisotopic (exact) mass is 268 g/mol. The number of carbonyl (C=O) groups excluding carboxylic acids is 1. The predicted octanol–water partition coefficient (Wildman–Crippen LogP) is 2.21. The molecule has 1 atom stereocenters. The molecule has 0 saturated heterocycles. The molecule has 0 aromatic heterocycles. The lowest BCUT2D eigenvalue weighted by Crippen LogP contribution is -2.19. The minimum atomic E-state index is -1.49. The predicted molar refractivity (Wildman–Crippen MR) is 66.2 cm³/mol. The van der Waals surface area contributed by atoms with E-state index in [-0.39, 0.29) is 5.56 Å². The lowest BCUT2D eigenvalue weighted by molar-refractivity contribution is -0.150. The molecule has 1 aromatic carbocycles. The lowest BCUT2D eigenvalue weighted by Gasteiger charge is -2.25. The van der Waals surface area contributed by atoms with Gasteiger partial charge in [0, 0.05) is 6.07 Å². The van der Waals surface area contributed by atoms with E-state index in [1.165, 1.54) is 25.7 Å². The highest BCUT2D eigenvalue weighted by molar-refractivity contribution is 5.76. The number of hydrogen-bond donors (Lipinski definition) is 1. The fourth-order valence-corrected chi connectivity index (χ4v) is 1.95. The van der Waals surface area contributed by atoms with E-state index in [0.717, 1.165) is 18.9 Å². The molecular formula is C14H17FO4. The second-order valence-corrected chi connectivity index (χ2v) is 4.75. The number of hydrogen-bond acceptors (Lipinski definition) is 4. The molecule has 104 valence electrons. The van der Waals surface area contributed by atoms with Crippen molar-refractivity contribution in [2.45, 2.75) is 25.4 Å². The van der Waals surface area contributed by atoms with Crippen LogP contribution in [0, 0.1) is 11.7 Å². The lowest BCUT2D eigenvalue weighted by atomic mass is 9.86. The Morgan fingerprint density at radius 3 is 2.79 bits per heavy atom. The van der Waals surface area contributed by atoms with E-state index in [9.17, 15) is 14.3 Å². The maximum Gasteiger partial charge on any atom is 0.339 e. The van der Waals surface area contributed by atoms with Crippen LogP contribution in [0.1, 0.15) is 30.9 Å². The summed E-state index contributed by atoms with van der Waals surface area (Å²) in [6.07, 6.45) is 1.98. The fraction of sp³-hybridized carbons (Fsp3) is 0.500. The van der Waals surface area contributed by atoms with Crippen molar-refractivity contribution < 1.29 is 23.8 Å². The summed E-state index contributed by atoms with van der Waals surface area (Å²) in [5.74, 6) is -0.526. The molecule has 0 heterocycles. The normalized spacial score (nSPS) is 16.6. The van der Waals surface area contributed by atoms with Crippen molar-refractivity contribution in [1.82, 2.24) is 0 Å². The van der Waals surface area contributed by atoms with Gasteiger partial charge in [-0.1, -0.05) is 6.42 Å². The van der Waals surface area contributed by atoms with Gasteiger partial charge in [-0.15, -0.1) is 0 Å². The topological polar surface area (TPSA) is 55.8 Å². The van der Waals surface area contributed by atoms with Crippen molar-refractivity contribution in [3.63, 3.8) is 0 Å². The highest BCUT2D eigenvalue weighted by atomic mass is 19.1. The quantitative estimate of drug-likeness (QED) is 0.832. The van der Waals surface area contributed by atoms with Crippen LogP contribution in [0.5, 0.6) is 5.75 Å². The molecule has 1 aliphatic carbocycles. The first kappa shape index (κ1) is 13.8. The van der Waals surface area contributed by atoms with Gasteiger partial charge < -0.3 is 14.6 Å². The van der Waals surface area contributed by atoms with Crippen LogP contribution in [-0.2, 0) is 9.53 Å². The molecule has 0 aliphatic heterocycles. The summed E-state index contributed by atoms with van der Waals surface area (Å²) in [5, 5.41) is 9.68. The van der Waals surface area contributed by atoms with E-state index < -0.39 is 17.9 Å². The molecule has 1 fully saturated rings. The van der Waals surface area contributed by atoms with Crippen molar-refractivity contribution in [2.75, 3.05) is 13.7 Å². The van der Waals surface area contributed by atoms with Gasteiger partial charge in [0.15, 0.2) is 6.10 Å². The Morgan fingerprint density at radius 2 is 2.21 bits per heavy atom. The van der Waals surface area contributed by atoms with Crippen LogP contribution in [0.25, 0.3) is 0 Å². The maximum absolute atomic E-state index is 13.4. The number of halogens is 1. The smallest absolute Gasteiger partial charge is 0.339 e. The second-order valence-electron chi connectivity index (χ2n) is 4.75. The summed E-state index contributed by atoms with van der Waals surface area (Å²) < 4.78 is 23.3. The Kier molecular flexibility index (Phi) is 4.37. The van der Waals surface area contributed by atoms with E-state index in [4.69, 9.17) is 4.74 Å². The Balaban J connectivity index is 2.07. The zero-order chi connectivity index (χ0) is 13.8. The molecule has 1 unspecified atom stereocenters. The molecular weight excluding hydrogens is 251 g/mol. The van der Waals surface area contributed by atoms with Gasteiger partial charge in [-0.25, -0.2) is 9.18 Å². The standard InChI is InChI=1S/C14H17FO4/c1-18-14(17)13(16)10-5-11(15)7-12(6-10)19-8-9-3-2-4-9/h5-7,9,13,16H,2-4,8H2,1H3. The molecule has 1 aliphatic rings. The van der Waals surface area contributed by atoms with Gasteiger partial charge in [0.1, 0.15) is 11.6 Å². The molecule has 1 aromatic rings. The highest BCUT2D eigenvalue weighted by Crippen LogP contribution is 2.28. The van der Waals surface area contributed by atoms with E-state index >= 15 is 0 Å². The van der Waals surface area contributed by atoms with Crippen LogP contribution in [-0.4, -0.2) is 24.8 Å². The maximum atomic E-state index is 13.4. The molecule has 1 N–H and O–H groups in total. The highest BCUT2D eigenvalue weighted by Gasteiger charge is 2.21. The number of aliphatic hydroxyl groups is 1. The Bertz CT molecular complexity index is 457. The first-order valence-electron chi connectivity index (χ1n) is 6.29. The van der Waals surface area contributed by atoms with Gasteiger partial charge in [0.2, 0.25) is 0 Å². The van der Waals surface area contributed by atoms with Crippen LogP contribution in [0.4, 0.5) is 4.39 Å². The summed E-state index contributed by atoms with van der Waals surface area (Å²) in [5.41, 5.74) is 0.135. The van der Waals surface area contributed by atoms with Gasteiger partial charge >= 0.3 is 5.97 Å². The zero-order valence-electron chi connectivity index (χ0n) is 10.8. The molecule has 0 amide bonds. The van der Waals surface area contributed by atoms with E-state index in [1.807, 2.05) is 0 Å². The third kappa shape index (κ3) is 3.44. The Morgan fingerprint density at radius 1 is 1.47 bits per heavy atom. The van der Waals surface area contributed by atoms with Crippen molar-refractivity contribution in [3.8, 4) is 5.75 Å². The van der Waals surface area contributed by atoms with Gasteiger partial charge in [-0.2, -0.15) is 0 Å². The molecule has 4 nitrogen and oxygen atoms in total. The number of esters is 1. The van der Waals surface area contributed by atoms with Crippen molar-refractivity contribution in [2.24, 2.45) is 5.92 Å². The second kappa shape index (κ2) is 6.02. The fourth-order valence-electron chi connectivity index (χ4n) is 1.95. The SMILES string of the molecule is COC(=O)C(O)c1cc(F)cc(OCC2CCC2)c1. The summed E-state index contributed by atoms with van der Waals surface area (Å²) in [7, 11) is 1.17. The number of ether oxygens (including phenoxy) is 2. The van der Waals surface area contributed by atoms with Crippen molar-refractivity contribution >= 4 is 5.97 Å². The number of rotatable bonds is 5. The van der Waals surface area contributed by atoms with Crippen LogP contribution < -0.4 is 4.74 Å². The van der Waals surface area contributed by atoms with Gasteiger partial charge in [-0.05, 0) is 36.5 Å². The van der Waals surface area contributed by atoms with Crippen LogP contribution in [0.15, 0.2) is 18.2 Å². The summed E-state index contributed by atoms with van der Waals surface area (Å²) in [6.45, 7) is 0.539. The van der Waals surface area contributed by atoms with Crippen LogP contribution in [0.2, 0.25) is 0 Å². The molecule has 0 radical (unpaired) electrons. The third-order valence-electron chi connectivity index (χ3n) is 3.34. The number of methoxy groups -OCH3 is 1. The van der Waals surface area contributed by atoms with Gasteiger partial charge in [0.25, 0.3) is 0 Å². The molecule has 1 saturated carbocycles. The average Bonchev–Trinajstić information content (AvgIpc) is 2.34. The minimum Gasteiger partial charge on any atom is -0.493 e. The Hall–Kier alpha value is -1.62. The first-order chi connectivity index (χ1) is 9.10. The summed E-state index contributed by atoms with van der Waals surface area (Å²) in [6, 6.07) is 3.80. The molecule has 19 heavy (non-hydrogen) atoms. The van der Waals surface area contributed by atoms with E-state index in [0.29, 0.717) is 18.3 Å². The van der Waals surface area contributed by atoms with Crippen LogP contribution in [0.3, 0.4) is 0 Å². The first-order valence-corrected chi connectivity index (χ1v) is 6.29. The summed E-state index contributed by atoms with van der Waals surface area (Å²) >= 11 is 0. The van der Waals surface area contributed by atoms with Crippen LogP contribution >= 0.6 is 0 Å². The Labute approximate surface area is 111 Å². The van der Waals surface area contributed by atoms with Gasteiger partial charge in [-0.3, -0.25) is 0 Å². The van der Waals surface area contributed by atoms with Crippen molar-refractivity contribution in [1.29, 1.82) is 0 Å². The molecule has 0 bridgehead atoms. The summed E-state index contributed by atoms with van der Waals surface area (Å²) in [4.78, 5) is 11.2. The zero-order valence-corrected chi connectivity index (χ0v) is 10.8. The van der Waals surface area contributed by atoms with E-state index in [2.05, 4.69) is 4.74 Å².